The molecule has 0 heterocycles. The molecule has 7 heteroatoms. The first-order valence-corrected chi connectivity index (χ1v) is 9.88. The Kier molecular flexibility index (Phi) is 7.19. The number of halogens is 1. The second kappa shape index (κ2) is 10.0. The molecule has 0 spiro atoms. The van der Waals surface area contributed by atoms with Crippen molar-refractivity contribution in [2.75, 3.05) is 14.2 Å². The number of aromatic carboxylic acids is 1. The molecule has 30 heavy (non-hydrogen) atoms. The van der Waals surface area contributed by atoms with Gasteiger partial charge in [-0.25, -0.2) is 4.79 Å². The van der Waals surface area contributed by atoms with Crippen LogP contribution in [0.4, 0.5) is 0 Å². The number of hydrogen-bond donors (Lipinski definition) is 1. The maximum absolute atomic E-state index is 11.2. The molecule has 0 bridgehead atoms. The first-order chi connectivity index (χ1) is 14.5. The third kappa shape index (κ3) is 5.24. The van der Waals surface area contributed by atoms with E-state index in [1.54, 1.807) is 7.11 Å². The van der Waals surface area contributed by atoms with Crippen molar-refractivity contribution in [2.24, 2.45) is 0 Å². The minimum absolute atomic E-state index is 0.104. The molecular formula is C23H21BrO6. The minimum Gasteiger partial charge on any atom is -0.493 e. The van der Waals surface area contributed by atoms with Crippen LogP contribution in [0.2, 0.25) is 0 Å². The number of carbonyl (C=O) groups is 1. The smallest absolute Gasteiger partial charge is 0.335 e. The first kappa shape index (κ1) is 21.5. The lowest BCUT2D eigenvalue weighted by Gasteiger charge is -2.15. The summed E-state index contributed by atoms with van der Waals surface area (Å²) in [5.41, 5.74) is 2.02. The fourth-order valence-corrected chi connectivity index (χ4v) is 3.35. The maximum atomic E-state index is 11.2. The van der Waals surface area contributed by atoms with Gasteiger partial charge in [-0.2, -0.15) is 0 Å². The molecule has 3 aromatic carbocycles. The van der Waals surface area contributed by atoms with Crippen LogP contribution in [0.15, 0.2) is 65.1 Å². The standard InChI is InChI=1S/C23H21BrO6/c1-27-20-10-16(8-9-19(20)29-13-15-6-4-3-5-7-15)14-30-22-18(24)11-17(23(25)26)12-21(22)28-2/h3-12H,13-14H2,1-2H3,(H,25,26). The zero-order valence-electron chi connectivity index (χ0n) is 16.6. The lowest BCUT2D eigenvalue weighted by molar-refractivity contribution is 0.0696. The topological polar surface area (TPSA) is 74.2 Å². The fourth-order valence-electron chi connectivity index (χ4n) is 2.80. The Morgan fingerprint density at radius 3 is 2.20 bits per heavy atom. The summed E-state index contributed by atoms with van der Waals surface area (Å²) in [6.45, 7) is 0.670. The van der Waals surface area contributed by atoms with Gasteiger partial charge in [-0.3, -0.25) is 0 Å². The van der Waals surface area contributed by atoms with E-state index in [2.05, 4.69) is 15.9 Å². The molecule has 0 aliphatic rings. The van der Waals surface area contributed by atoms with Crippen molar-refractivity contribution in [3.05, 3.63) is 81.8 Å². The van der Waals surface area contributed by atoms with Gasteiger partial charge in [0.05, 0.1) is 24.3 Å². The van der Waals surface area contributed by atoms with Crippen LogP contribution < -0.4 is 18.9 Å². The van der Waals surface area contributed by atoms with Crippen molar-refractivity contribution in [3.63, 3.8) is 0 Å². The average molecular weight is 473 g/mol. The molecule has 0 aliphatic carbocycles. The predicted octanol–water partition coefficient (Wildman–Crippen LogP) is 5.32. The zero-order valence-corrected chi connectivity index (χ0v) is 18.1. The quantitative estimate of drug-likeness (QED) is 0.454. The van der Waals surface area contributed by atoms with Gasteiger partial charge in [0.2, 0.25) is 0 Å². The van der Waals surface area contributed by atoms with Crippen LogP contribution >= 0.6 is 15.9 Å². The second-order valence-corrected chi connectivity index (χ2v) is 7.20. The van der Waals surface area contributed by atoms with Crippen LogP contribution in [0.25, 0.3) is 0 Å². The fraction of sp³-hybridized carbons (Fsp3) is 0.174. The maximum Gasteiger partial charge on any atom is 0.335 e. The number of carboxylic acids is 1. The molecule has 3 rings (SSSR count). The molecule has 0 amide bonds. The molecule has 0 aromatic heterocycles. The van der Waals surface area contributed by atoms with Crippen LogP contribution in [0.3, 0.4) is 0 Å². The molecule has 6 nitrogen and oxygen atoms in total. The van der Waals surface area contributed by atoms with Crippen molar-refractivity contribution in [2.45, 2.75) is 13.2 Å². The van der Waals surface area contributed by atoms with Crippen LogP contribution in [0, 0.1) is 0 Å². The van der Waals surface area contributed by atoms with E-state index in [0.29, 0.717) is 34.1 Å². The number of ether oxygens (including phenoxy) is 4. The Hall–Kier alpha value is -3.19. The van der Waals surface area contributed by atoms with Crippen molar-refractivity contribution < 1.29 is 28.8 Å². The summed E-state index contributed by atoms with van der Waals surface area (Å²) in [6.07, 6.45) is 0. The molecule has 3 aromatic rings. The average Bonchev–Trinajstić information content (AvgIpc) is 2.77. The third-order valence-corrected chi connectivity index (χ3v) is 4.91. The highest BCUT2D eigenvalue weighted by Crippen LogP contribution is 2.37. The normalized spacial score (nSPS) is 10.4. The summed E-state index contributed by atoms with van der Waals surface area (Å²) in [4.78, 5) is 11.2. The molecule has 0 fully saturated rings. The molecule has 0 radical (unpaired) electrons. The predicted molar refractivity (Wildman–Crippen MR) is 116 cm³/mol. The molecule has 0 saturated heterocycles. The van der Waals surface area contributed by atoms with Gasteiger partial charge in [-0.1, -0.05) is 36.4 Å². The van der Waals surface area contributed by atoms with Gasteiger partial charge in [-0.15, -0.1) is 0 Å². The minimum atomic E-state index is -1.05. The third-order valence-electron chi connectivity index (χ3n) is 4.32. The molecular weight excluding hydrogens is 452 g/mol. The van der Waals surface area contributed by atoms with Gasteiger partial charge in [0.15, 0.2) is 23.0 Å². The molecule has 0 unspecified atom stereocenters. The van der Waals surface area contributed by atoms with Gasteiger partial charge < -0.3 is 24.1 Å². The summed E-state index contributed by atoms with van der Waals surface area (Å²) in [5.74, 6) is 0.938. The number of rotatable bonds is 9. The van der Waals surface area contributed by atoms with Crippen LogP contribution in [-0.4, -0.2) is 25.3 Å². The van der Waals surface area contributed by atoms with Crippen molar-refractivity contribution in [1.82, 2.24) is 0 Å². The monoisotopic (exact) mass is 472 g/mol. The van der Waals surface area contributed by atoms with E-state index in [9.17, 15) is 9.90 Å². The van der Waals surface area contributed by atoms with Crippen molar-refractivity contribution >= 4 is 21.9 Å². The van der Waals surface area contributed by atoms with Crippen LogP contribution in [0.1, 0.15) is 21.5 Å². The van der Waals surface area contributed by atoms with Gasteiger partial charge in [0, 0.05) is 0 Å². The molecule has 0 saturated carbocycles. The van der Waals surface area contributed by atoms with Gasteiger partial charge in [-0.05, 0) is 51.3 Å². The molecule has 0 atom stereocenters. The highest BCUT2D eigenvalue weighted by Gasteiger charge is 2.16. The lowest BCUT2D eigenvalue weighted by atomic mass is 10.2. The molecule has 156 valence electrons. The summed E-state index contributed by atoms with van der Waals surface area (Å²) < 4.78 is 23.0. The SMILES string of the molecule is COc1cc(COc2c(Br)cc(C(=O)O)cc2OC)ccc1OCc1ccccc1. The van der Waals surface area contributed by atoms with E-state index in [-0.39, 0.29) is 12.2 Å². The van der Waals surface area contributed by atoms with E-state index < -0.39 is 5.97 Å². The largest absolute Gasteiger partial charge is 0.493 e. The number of benzene rings is 3. The summed E-state index contributed by atoms with van der Waals surface area (Å²) in [7, 11) is 3.04. The molecule has 1 N–H and O–H groups in total. The number of carboxylic acid groups (broad SMARTS) is 1. The van der Waals surface area contributed by atoms with E-state index >= 15 is 0 Å². The van der Waals surface area contributed by atoms with Crippen LogP contribution in [-0.2, 0) is 13.2 Å². The van der Waals surface area contributed by atoms with E-state index in [4.69, 9.17) is 18.9 Å². The zero-order chi connectivity index (χ0) is 21.5. The number of methoxy groups -OCH3 is 2. The van der Waals surface area contributed by atoms with Gasteiger partial charge in [0.25, 0.3) is 0 Å². The van der Waals surface area contributed by atoms with Gasteiger partial charge >= 0.3 is 5.97 Å². The Morgan fingerprint density at radius 2 is 1.53 bits per heavy atom. The second-order valence-electron chi connectivity index (χ2n) is 6.34. The van der Waals surface area contributed by atoms with Crippen LogP contribution in [0.5, 0.6) is 23.0 Å². The van der Waals surface area contributed by atoms with Gasteiger partial charge in [0.1, 0.15) is 13.2 Å². The Morgan fingerprint density at radius 1 is 0.833 bits per heavy atom. The highest BCUT2D eigenvalue weighted by molar-refractivity contribution is 9.10. The van der Waals surface area contributed by atoms with Crippen molar-refractivity contribution in [1.29, 1.82) is 0 Å². The summed E-state index contributed by atoms with van der Waals surface area (Å²) in [5, 5.41) is 9.19. The first-order valence-electron chi connectivity index (χ1n) is 9.09. The van der Waals surface area contributed by atoms with E-state index in [0.717, 1.165) is 11.1 Å². The Labute approximate surface area is 183 Å². The lowest BCUT2D eigenvalue weighted by Crippen LogP contribution is -2.03. The van der Waals surface area contributed by atoms with Crippen molar-refractivity contribution in [3.8, 4) is 23.0 Å². The highest BCUT2D eigenvalue weighted by atomic mass is 79.9. The molecule has 0 aliphatic heterocycles. The van der Waals surface area contributed by atoms with E-state index in [1.165, 1.54) is 19.2 Å². The Bertz CT molecular complexity index is 1020. The summed E-state index contributed by atoms with van der Waals surface area (Å²) >= 11 is 3.35. The van der Waals surface area contributed by atoms with E-state index in [1.807, 2.05) is 48.5 Å². The number of hydrogen-bond acceptors (Lipinski definition) is 5. The summed E-state index contributed by atoms with van der Waals surface area (Å²) in [6, 6.07) is 18.3. The Balaban J connectivity index is 1.72.